The summed E-state index contributed by atoms with van der Waals surface area (Å²) in [6.45, 7) is 4.55. The molecular weight excluding hydrogens is 376 g/mol. The van der Waals surface area contributed by atoms with Crippen LogP contribution in [0.15, 0.2) is 59.5 Å². The summed E-state index contributed by atoms with van der Waals surface area (Å²) in [6, 6.07) is 15.4. The van der Waals surface area contributed by atoms with Crippen molar-refractivity contribution >= 4 is 15.9 Å². The van der Waals surface area contributed by atoms with Gasteiger partial charge in [0.2, 0.25) is 15.9 Å². The van der Waals surface area contributed by atoms with E-state index in [1.165, 1.54) is 23.5 Å². The van der Waals surface area contributed by atoms with Crippen LogP contribution in [-0.4, -0.2) is 38.8 Å². The number of methoxy groups -OCH3 is 1. The van der Waals surface area contributed by atoms with Crippen molar-refractivity contribution in [3.63, 3.8) is 0 Å². The van der Waals surface area contributed by atoms with Gasteiger partial charge in [0.15, 0.2) is 0 Å². The van der Waals surface area contributed by atoms with E-state index in [4.69, 9.17) is 4.74 Å². The van der Waals surface area contributed by atoms with Crippen molar-refractivity contribution in [3.05, 3.63) is 60.2 Å². The van der Waals surface area contributed by atoms with Gasteiger partial charge in [0.25, 0.3) is 0 Å². The van der Waals surface area contributed by atoms with Crippen LogP contribution in [0.4, 0.5) is 0 Å². The molecule has 0 heterocycles. The fourth-order valence-electron chi connectivity index (χ4n) is 2.63. The summed E-state index contributed by atoms with van der Waals surface area (Å²) in [5.41, 5.74) is 0.814. The van der Waals surface area contributed by atoms with Gasteiger partial charge in [-0.3, -0.25) is 4.79 Å². The lowest BCUT2D eigenvalue weighted by Gasteiger charge is -2.22. The highest BCUT2D eigenvalue weighted by Gasteiger charge is 2.27. The summed E-state index contributed by atoms with van der Waals surface area (Å²) in [5.74, 6) is 0.720. The Morgan fingerprint density at radius 3 is 2.29 bits per heavy atom. The first-order chi connectivity index (χ1) is 13.3. The Bertz CT molecular complexity index is 850. The number of rotatable bonds is 10. The topological polar surface area (TPSA) is 75.7 Å². The van der Waals surface area contributed by atoms with E-state index in [1.807, 2.05) is 30.3 Å². The SMILES string of the molecule is COc1ccc(S(=O)(=O)N(CC(=O)NCCC(C)C)Cc2ccccc2)cc1. The molecule has 6 nitrogen and oxygen atoms in total. The Balaban J connectivity index is 2.21. The van der Waals surface area contributed by atoms with E-state index in [-0.39, 0.29) is 23.9 Å². The molecule has 0 aromatic heterocycles. The van der Waals surface area contributed by atoms with Crippen molar-refractivity contribution in [2.75, 3.05) is 20.2 Å². The molecule has 0 radical (unpaired) electrons. The molecule has 0 saturated heterocycles. The predicted molar refractivity (Wildman–Crippen MR) is 109 cm³/mol. The van der Waals surface area contributed by atoms with E-state index in [0.717, 1.165) is 12.0 Å². The third-order valence-electron chi connectivity index (χ3n) is 4.26. The van der Waals surface area contributed by atoms with Gasteiger partial charge in [-0.05, 0) is 42.2 Å². The minimum absolute atomic E-state index is 0.118. The molecule has 0 unspecified atom stereocenters. The van der Waals surface area contributed by atoms with Crippen LogP contribution in [0.1, 0.15) is 25.8 Å². The highest BCUT2D eigenvalue weighted by molar-refractivity contribution is 7.89. The largest absolute Gasteiger partial charge is 0.497 e. The maximum Gasteiger partial charge on any atom is 0.243 e. The highest BCUT2D eigenvalue weighted by Crippen LogP contribution is 2.21. The van der Waals surface area contributed by atoms with Crippen LogP contribution in [0.25, 0.3) is 0 Å². The molecule has 0 aliphatic carbocycles. The number of benzene rings is 2. The van der Waals surface area contributed by atoms with Crippen LogP contribution in [0.3, 0.4) is 0 Å². The summed E-state index contributed by atoms with van der Waals surface area (Å²) in [7, 11) is -2.32. The molecule has 0 bridgehead atoms. The van der Waals surface area contributed by atoms with Crippen molar-refractivity contribution in [1.82, 2.24) is 9.62 Å². The van der Waals surface area contributed by atoms with E-state index in [9.17, 15) is 13.2 Å². The molecule has 2 aromatic rings. The third kappa shape index (κ3) is 6.35. The average molecular weight is 405 g/mol. The Hall–Kier alpha value is -2.38. The Labute approximate surface area is 167 Å². The number of nitrogens with one attached hydrogen (secondary N) is 1. The van der Waals surface area contributed by atoms with E-state index in [1.54, 1.807) is 12.1 Å². The first-order valence-electron chi connectivity index (χ1n) is 9.27. The molecule has 7 heteroatoms. The highest BCUT2D eigenvalue weighted by atomic mass is 32.2. The second-order valence-electron chi connectivity index (χ2n) is 6.97. The molecule has 0 fully saturated rings. The van der Waals surface area contributed by atoms with Gasteiger partial charge in [-0.1, -0.05) is 44.2 Å². The number of ether oxygens (including phenoxy) is 1. The molecule has 0 spiro atoms. The standard InChI is InChI=1S/C21H28N2O4S/c1-17(2)13-14-22-21(24)16-23(15-18-7-5-4-6-8-18)28(25,26)20-11-9-19(27-3)10-12-20/h4-12,17H,13-16H2,1-3H3,(H,22,24). The van der Waals surface area contributed by atoms with Crippen molar-refractivity contribution in [2.45, 2.75) is 31.7 Å². The lowest BCUT2D eigenvalue weighted by molar-refractivity contribution is -0.121. The summed E-state index contributed by atoms with van der Waals surface area (Å²) in [4.78, 5) is 12.5. The lowest BCUT2D eigenvalue weighted by Crippen LogP contribution is -2.40. The van der Waals surface area contributed by atoms with Crippen LogP contribution in [0, 0.1) is 5.92 Å². The molecule has 0 aliphatic heterocycles. The van der Waals surface area contributed by atoms with Crippen LogP contribution in [0.2, 0.25) is 0 Å². The maximum absolute atomic E-state index is 13.2. The Morgan fingerprint density at radius 2 is 1.71 bits per heavy atom. The summed E-state index contributed by atoms with van der Waals surface area (Å²) < 4.78 is 32.6. The first-order valence-corrected chi connectivity index (χ1v) is 10.7. The van der Waals surface area contributed by atoms with Gasteiger partial charge in [-0.15, -0.1) is 0 Å². The molecular formula is C21H28N2O4S. The van der Waals surface area contributed by atoms with E-state index < -0.39 is 10.0 Å². The minimum Gasteiger partial charge on any atom is -0.497 e. The molecule has 1 N–H and O–H groups in total. The van der Waals surface area contributed by atoms with Crippen molar-refractivity contribution in [3.8, 4) is 5.75 Å². The maximum atomic E-state index is 13.2. The lowest BCUT2D eigenvalue weighted by atomic mass is 10.1. The molecule has 0 saturated carbocycles. The number of hydrogen-bond donors (Lipinski definition) is 1. The minimum atomic E-state index is -3.84. The number of hydrogen-bond acceptors (Lipinski definition) is 4. The number of amides is 1. The van der Waals surface area contributed by atoms with Crippen molar-refractivity contribution in [2.24, 2.45) is 5.92 Å². The van der Waals surface area contributed by atoms with Gasteiger partial charge in [0.05, 0.1) is 18.6 Å². The number of nitrogens with zero attached hydrogens (tertiary/aromatic N) is 1. The predicted octanol–water partition coefficient (Wildman–Crippen LogP) is 3.05. The number of carbonyl (C=O) groups is 1. The molecule has 28 heavy (non-hydrogen) atoms. The normalized spacial score (nSPS) is 11.6. The Morgan fingerprint density at radius 1 is 1.07 bits per heavy atom. The monoisotopic (exact) mass is 404 g/mol. The molecule has 0 aliphatic rings. The number of carbonyl (C=O) groups excluding carboxylic acids is 1. The molecule has 152 valence electrons. The second kappa shape index (κ2) is 10.2. The van der Waals surface area contributed by atoms with Gasteiger partial charge >= 0.3 is 0 Å². The third-order valence-corrected chi connectivity index (χ3v) is 6.07. The van der Waals surface area contributed by atoms with Crippen LogP contribution in [0.5, 0.6) is 5.75 Å². The quantitative estimate of drug-likeness (QED) is 0.660. The molecule has 2 aromatic carbocycles. The zero-order valence-corrected chi connectivity index (χ0v) is 17.4. The second-order valence-corrected chi connectivity index (χ2v) is 8.90. The smallest absolute Gasteiger partial charge is 0.243 e. The first kappa shape index (κ1) is 21.9. The van der Waals surface area contributed by atoms with Crippen LogP contribution < -0.4 is 10.1 Å². The molecule has 2 rings (SSSR count). The van der Waals surface area contributed by atoms with E-state index >= 15 is 0 Å². The van der Waals surface area contributed by atoms with E-state index in [0.29, 0.717) is 18.2 Å². The zero-order valence-electron chi connectivity index (χ0n) is 16.6. The van der Waals surface area contributed by atoms with Crippen molar-refractivity contribution in [1.29, 1.82) is 0 Å². The number of sulfonamides is 1. The van der Waals surface area contributed by atoms with Gasteiger partial charge in [0, 0.05) is 13.1 Å². The Kier molecular flexibility index (Phi) is 8.02. The van der Waals surface area contributed by atoms with Crippen LogP contribution in [-0.2, 0) is 21.4 Å². The van der Waals surface area contributed by atoms with Gasteiger partial charge in [0.1, 0.15) is 5.75 Å². The van der Waals surface area contributed by atoms with E-state index in [2.05, 4.69) is 19.2 Å². The van der Waals surface area contributed by atoms with Crippen LogP contribution >= 0.6 is 0 Å². The fourth-order valence-corrected chi connectivity index (χ4v) is 4.01. The van der Waals surface area contributed by atoms with Gasteiger partial charge in [-0.25, -0.2) is 8.42 Å². The van der Waals surface area contributed by atoms with Gasteiger partial charge in [-0.2, -0.15) is 4.31 Å². The zero-order chi connectivity index (χ0) is 20.6. The summed E-state index contributed by atoms with van der Waals surface area (Å²) in [6.07, 6.45) is 0.843. The average Bonchev–Trinajstić information content (AvgIpc) is 2.68. The fraction of sp³-hybridized carbons (Fsp3) is 0.381. The van der Waals surface area contributed by atoms with Gasteiger partial charge < -0.3 is 10.1 Å². The summed E-state index contributed by atoms with van der Waals surface area (Å²) >= 11 is 0. The molecule has 0 atom stereocenters. The summed E-state index contributed by atoms with van der Waals surface area (Å²) in [5, 5.41) is 2.81. The van der Waals surface area contributed by atoms with Crippen molar-refractivity contribution < 1.29 is 17.9 Å². The molecule has 1 amide bonds.